The predicted octanol–water partition coefficient (Wildman–Crippen LogP) is 2.78. The molecule has 0 spiro atoms. The lowest BCUT2D eigenvalue weighted by molar-refractivity contribution is 0.343. The molecule has 20 heavy (non-hydrogen) atoms. The van der Waals surface area contributed by atoms with Crippen LogP contribution in [-0.2, 0) is 6.54 Å². The molecule has 1 heterocycles. The predicted molar refractivity (Wildman–Crippen MR) is 83.0 cm³/mol. The molecule has 0 amide bonds. The lowest BCUT2D eigenvalue weighted by Gasteiger charge is -2.25. The molecule has 1 aliphatic rings. The summed E-state index contributed by atoms with van der Waals surface area (Å²) in [5.74, 6) is 0.762. The maximum Gasteiger partial charge on any atom is 0.189 e. The van der Waals surface area contributed by atoms with E-state index >= 15 is 0 Å². The highest BCUT2D eigenvalue weighted by atomic mass is 16.1. The molecule has 0 radical (unpaired) electrons. The van der Waals surface area contributed by atoms with E-state index in [1.54, 1.807) is 6.07 Å². The Morgan fingerprint density at radius 1 is 1.25 bits per heavy atom. The van der Waals surface area contributed by atoms with E-state index in [0.29, 0.717) is 6.04 Å². The zero-order valence-electron chi connectivity index (χ0n) is 12.0. The minimum Gasteiger partial charge on any atom is -0.346 e. The van der Waals surface area contributed by atoms with E-state index in [4.69, 9.17) is 0 Å². The number of nitrogens with zero attached hydrogens (tertiary/aromatic N) is 1. The van der Waals surface area contributed by atoms with Crippen LogP contribution in [0.4, 0.5) is 0 Å². The van der Waals surface area contributed by atoms with Crippen LogP contribution in [0.1, 0.15) is 25.7 Å². The molecule has 1 aromatic heterocycles. The van der Waals surface area contributed by atoms with Crippen LogP contribution in [0, 0.1) is 5.92 Å². The monoisotopic (exact) mass is 270 g/mol. The van der Waals surface area contributed by atoms with Crippen molar-refractivity contribution in [2.75, 3.05) is 7.05 Å². The van der Waals surface area contributed by atoms with Crippen LogP contribution in [0.5, 0.6) is 0 Å². The molecule has 3 nitrogen and oxygen atoms in total. The van der Waals surface area contributed by atoms with Crippen molar-refractivity contribution in [2.45, 2.75) is 38.3 Å². The normalized spacial score (nSPS) is 17.6. The number of pyridine rings is 1. The first-order valence-corrected chi connectivity index (χ1v) is 7.55. The lowest BCUT2D eigenvalue weighted by Crippen LogP contribution is -2.36. The van der Waals surface area contributed by atoms with E-state index in [9.17, 15) is 4.79 Å². The van der Waals surface area contributed by atoms with Gasteiger partial charge in [0.2, 0.25) is 0 Å². The van der Waals surface area contributed by atoms with Gasteiger partial charge in [-0.2, -0.15) is 0 Å². The van der Waals surface area contributed by atoms with Crippen molar-refractivity contribution < 1.29 is 0 Å². The van der Waals surface area contributed by atoms with Crippen LogP contribution in [0.2, 0.25) is 0 Å². The summed E-state index contributed by atoms with van der Waals surface area (Å²) in [6.07, 6.45) is 7.29. The third-order valence-corrected chi connectivity index (χ3v) is 4.62. The Labute approximate surface area is 119 Å². The second-order valence-electron chi connectivity index (χ2n) is 5.79. The van der Waals surface area contributed by atoms with Gasteiger partial charge >= 0.3 is 0 Å². The van der Waals surface area contributed by atoms with Crippen molar-refractivity contribution >= 4 is 10.9 Å². The van der Waals surface area contributed by atoms with Crippen LogP contribution >= 0.6 is 0 Å². The number of hydrogen-bond acceptors (Lipinski definition) is 2. The fraction of sp³-hybridized carbons (Fsp3) is 0.471. The summed E-state index contributed by atoms with van der Waals surface area (Å²) in [6.45, 7) is 0.932. The molecular formula is C17H22N2O. The average Bonchev–Trinajstić information content (AvgIpc) is 3.01. The van der Waals surface area contributed by atoms with Crippen molar-refractivity contribution in [1.82, 2.24) is 9.88 Å². The van der Waals surface area contributed by atoms with Crippen LogP contribution in [0.25, 0.3) is 10.9 Å². The second-order valence-corrected chi connectivity index (χ2v) is 5.79. The number of fused-ring (bicyclic) bond motifs is 1. The number of hydrogen-bond donors (Lipinski definition) is 1. The van der Waals surface area contributed by atoms with E-state index in [2.05, 4.69) is 9.88 Å². The van der Waals surface area contributed by atoms with Gasteiger partial charge in [-0.15, -0.1) is 0 Å². The molecule has 106 valence electrons. The Morgan fingerprint density at radius 3 is 2.75 bits per heavy atom. The van der Waals surface area contributed by atoms with Crippen LogP contribution < -0.4 is 10.7 Å². The van der Waals surface area contributed by atoms with E-state index < -0.39 is 0 Å². The highest BCUT2D eigenvalue weighted by Crippen LogP contribution is 2.28. The van der Waals surface area contributed by atoms with E-state index in [1.807, 2.05) is 37.5 Å². The van der Waals surface area contributed by atoms with Gasteiger partial charge < -0.3 is 9.88 Å². The zero-order chi connectivity index (χ0) is 13.9. The van der Waals surface area contributed by atoms with Gasteiger partial charge in [-0.1, -0.05) is 25.0 Å². The summed E-state index contributed by atoms with van der Waals surface area (Å²) < 4.78 is 2.22. The third-order valence-electron chi connectivity index (χ3n) is 4.62. The van der Waals surface area contributed by atoms with E-state index in [-0.39, 0.29) is 5.43 Å². The molecule has 1 N–H and O–H groups in total. The van der Waals surface area contributed by atoms with Crippen LogP contribution in [0.3, 0.4) is 0 Å². The fourth-order valence-corrected chi connectivity index (χ4v) is 3.47. The van der Waals surface area contributed by atoms with Gasteiger partial charge in [0.05, 0.1) is 5.52 Å². The molecule has 1 unspecified atom stereocenters. The maximum absolute atomic E-state index is 11.9. The van der Waals surface area contributed by atoms with Gasteiger partial charge in [-0.25, -0.2) is 0 Å². The summed E-state index contributed by atoms with van der Waals surface area (Å²) in [5, 5.41) is 4.29. The molecule has 1 saturated carbocycles. The van der Waals surface area contributed by atoms with Crippen molar-refractivity contribution in [1.29, 1.82) is 0 Å². The Bertz CT molecular complexity index is 641. The molecule has 0 aliphatic heterocycles. The summed E-state index contributed by atoms with van der Waals surface area (Å²) in [6, 6.07) is 10.1. The second kappa shape index (κ2) is 5.80. The Morgan fingerprint density at radius 2 is 2.00 bits per heavy atom. The molecule has 0 bridgehead atoms. The first-order chi connectivity index (χ1) is 9.79. The topological polar surface area (TPSA) is 34.0 Å². The number of aromatic nitrogens is 1. The summed E-state index contributed by atoms with van der Waals surface area (Å²) in [7, 11) is 2.05. The van der Waals surface area contributed by atoms with E-state index in [0.717, 1.165) is 23.4 Å². The standard InChI is InChI=1S/C17H22N2O/c1-18-15(13-6-2-3-7-13)12-19-11-10-17(20)14-8-4-5-9-16(14)19/h4-5,8-11,13,15,18H,2-3,6-7,12H2,1H3. The lowest BCUT2D eigenvalue weighted by atomic mass is 9.98. The average molecular weight is 270 g/mol. The molecule has 1 fully saturated rings. The number of likely N-dealkylation sites (N-methyl/N-ethyl adjacent to an activating group) is 1. The molecule has 0 saturated heterocycles. The Hall–Kier alpha value is -1.61. The summed E-state index contributed by atoms with van der Waals surface area (Å²) in [5.41, 5.74) is 1.15. The smallest absolute Gasteiger partial charge is 0.189 e. The van der Waals surface area contributed by atoms with Gasteiger partial charge in [-0.05, 0) is 37.9 Å². The zero-order valence-corrected chi connectivity index (χ0v) is 12.0. The summed E-state index contributed by atoms with van der Waals surface area (Å²) >= 11 is 0. The largest absolute Gasteiger partial charge is 0.346 e. The van der Waals surface area contributed by atoms with Gasteiger partial charge in [0, 0.05) is 30.2 Å². The highest BCUT2D eigenvalue weighted by molar-refractivity contribution is 5.78. The number of benzene rings is 1. The summed E-state index contributed by atoms with van der Waals surface area (Å²) in [4.78, 5) is 11.9. The molecule has 3 heteroatoms. The van der Waals surface area contributed by atoms with Gasteiger partial charge in [0.25, 0.3) is 0 Å². The van der Waals surface area contributed by atoms with Crippen molar-refractivity contribution in [3.05, 3.63) is 46.8 Å². The molecule has 2 aromatic rings. The number of para-hydroxylation sites is 1. The SMILES string of the molecule is CNC(Cn1ccc(=O)c2ccccc21)C1CCCC1. The number of rotatable bonds is 4. The third kappa shape index (κ3) is 2.50. The van der Waals surface area contributed by atoms with Gasteiger partial charge in [0.1, 0.15) is 0 Å². The Balaban J connectivity index is 1.93. The van der Waals surface area contributed by atoms with Crippen molar-refractivity contribution in [3.63, 3.8) is 0 Å². The minimum absolute atomic E-state index is 0.110. The quantitative estimate of drug-likeness (QED) is 0.927. The van der Waals surface area contributed by atoms with Crippen LogP contribution in [0.15, 0.2) is 41.3 Å². The van der Waals surface area contributed by atoms with Crippen LogP contribution in [-0.4, -0.2) is 17.7 Å². The molecule has 1 atom stereocenters. The van der Waals surface area contributed by atoms with Gasteiger partial charge in [0.15, 0.2) is 5.43 Å². The molecule has 1 aliphatic carbocycles. The maximum atomic E-state index is 11.9. The first kappa shape index (κ1) is 13.4. The minimum atomic E-state index is 0.110. The highest BCUT2D eigenvalue weighted by Gasteiger charge is 2.24. The van der Waals surface area contributed by atoms with Gasteiger partial charge in [-0.3, -0.25) is 4.79 Å². The molecule has 1 aromatic carbocycles. The fourth-order valence-electron chi connectivity index (χ4n) is 3.47. The number of nitrogens with one attached hydrogen (secondary N) is 1. The molecular weight excluding hydrogens is 248 g/mol. The van der Waals surface area contributed by atoms with Crippen molar-refractivity contribution in [2.24, 2.45) is 5.92 Å². The van der Waals surface area contributed by atoms with E-state index in [1.165, 1.54) is 25.7 Å². The Kier molecular flexibility index (Phi) is 3.88. The first-order valence-electron chi connectivity index (χ1n) is 7.55. The van der Waals surface area contributed by atoms with Crippen molar-refractivity contribution in [3.8, 4) is 0 Å². The molecule has 3 rings (SSSR count).